The number of urea groups is 1. The number of hydrogen-bond acceptors (Lipinski definition) is 3. The largest absolute Gasteiger partial charge is 0.453 e. The van der Waals surface area contributed by atoms with E-state index in [-0.39, 0.29) is 17.8 Å². The third-order valence-corrected chi connectivity index (χ3v) is 3.63. The Kier molecular flexibility index (Phi) is 5.19. The van der Waals surface area contributed by atoms with Crippen LogP contribution in [-0.4, -0.2) is 43.3 Å². The molecule has 1 aliphatic heterocycles. The Bertz CT molecular complexity index is 557. The summed E-state index contributed by atoms with van der Waals surface area (Å²) in [6.07, 6.45) is 0.919. The molecular formula is C15H20FN3O3. The van der Waals surface area contributed by atoms with Crippen molar-refractivity contribution in [3.05, 3.63) is 29.6 Å². The molecule has 0 saturated carbocycles. The highest BCUT2D eigenvalue weighted by molar-refractivity contribution is 5.89. The second-order valence-electron chi connectivity index (χ2n) is 5.31. The van der Waals surface area contributed by atoms with Gasteiger partial charge in [0.05, 0.1) is 12.8 Å². The van der Waals surface area contributed by atoms with Crippen LogP contribution in [0.4, 0.5) is 19.7 Å². The van der Waals surface area contributed by atoms with Crippen molar-refractivity contribution in [1.82, 2.24) is 10.2 Å². The summed E-state index contributed by atoms with van der Waals surface area (Å²) >= 11 is 0. The molecule has 1 heterocycles. The van der Waals surface area contributed by atoms with E-state index < -0.39 is 11.8 Å². The molecule has 1 saturated heterocycles. The van der Waals surface area contributed by atoms with Gasteiger partial charge in [-0.1, -0.05) is 6.07 Å². The van der Waals surface area contributed by atoms with Crippen LogP contribution in [0.3, 0.4) is 0 Å². The Morgan fingerprint density at radius 1 is 1.32 bits per heavy atom. The lowest BCUT2D eigenvalue weighted by molar-refractivity contribution is 0.110. The van der Waals surface area contributed by atoms with Gasteiger partial charge in [0, 0.05) is 19.1 Å². The fourth-order valence-electron chi connectivity index (χ4n) is 2.41. The van der Waals surface area contributed by atoms with Crippen LogP contribution in [-0.2, 0) is 4.74 Å². The van der Waals surface area contributed by atoms with Gasteiger partial charge in [0.15, 0.2) is 0 Å². The summed E-state index contributed by atoms with van der Waals surface area (Å²) in [6, 6.07) is 4.05. The van der Waals surface area contributed by atoms with E-state index in [1.165, 1.54) is 13.2 Å². The molecule has 0 atom stereocenters. The zero-order valence-corrected chi connectivity index (χ0v) is 12.7. The van der Waals surface area contributed by atoms with Crippen LogP contribution < -0.4 is 10.6 Å². The number of rotatable bonds is 2. The lowest BCUT2D eigenvalue weighted by Gasteiger charge is -2.31. The normalized spacial score (nSPS) is 15.3. The Hall–Kier alpha value is -2.31. The summed E-state index contributed by atoms with van der Waals surface area (Å²) in [6.45, 7) is 2.87. The van der Waals surface area contributed by atoms with Gasteiger partial charge in [-0.15, -0.1) is 0 Å². The number of carbonyl (C=O) groups excluding carboxylic acids is 2. The minimum absolute atomic E-state index is 0.0474. The highest BCUT2D eigenvalue weighted by Crippen LogP contribution is 2.16. The van der Waals surface area contributed by atoms with Gasteiger partial charge in [0.2, 0.25) is 0 Å². The summed E-state index contributed by atoms with van der Waals surface area (Å²) in [5, 5.41) is 5.31. The van der Waals surface area contributed by atoms with Gasteiger partial charge in [-0.05, 0) is 37.5 Å². The van der Waals surface area contributed by atoms with Crippen LogP contribution >= 0.6 is 0 Å². The van der Waals surface area contributed by atoms with E-state index in [1.54, 1.807) is 17.0 Å². The Balaban J connectivity index is 1.83. The second-order valence-corrected chi connectivity index (χ2v) is 5.31. The summed E-state index contributed by atoms with van der Waals surface area (Å²) in [5.41, 5.74) is 1.02. The quantitative estimate of drug-likeness (QED) is 0.881. The molecule has 0 aromatic heterocycles. The third-order valence-electron chi connectivity index (χ3n) is 3.63. The van der Waals surface area contributed by atoms with Crippen molar-refractivity contribution in [2.45, 2.75) is 25.8 Å². The number of halogens is 1. The van der Waals surface area contributed by atoms with Gasteiger partial charge in [0.1, 0.15) is 5.82 Å². The number of piperidine rings is 1. The molecule has 0 aliphatic carbocycles. The van der Waals surface area contributed by atoms with E-state index in [0.29, 0.717) is 25.9 Å². The molecule has 1 aromatic carbocycles. The molecule has 120 valence electrons. The minimum Gasteiger partial charge on any atom is -0.453 e. The van der Waals surface area contributed by atoms with Gasteiger partial charge in [-0.3, -0.25) is 0 Å². The van der Waals surface area contributed by atoms with Crippen molar-refractivity contribution in [3.8, 4) is 0 Å². The number of aryl methyl sites for hydroxylation is 1. The van der Waals surface area contributed by atoms with Gasteiger partial charge < -0.3 is 20.3 Å². The van der Waals surface area contributed by atoms with Gasteiger partial charge in [-0.25, -0.2) is 14.0 Å². The predicted octanol–water partition coefficient (Wildman–Crippen LogP) is 2.49. The number of benzene rings is 1. The first-order valence-corrected chi connectivity index (χ1v) is 7.16. The number of nitrogens with one attached hydrogen (secondary N) is 2. The zero-order chi connectivity index (χ0) is 16.1. The average Bonchev–Trinajstić information content (AvgIpc) is 2.51. The van der Waals surface area contributed by atoms with Crippen LogP contribution in [0.1, 0.15) is 18.4 Å². The van der Waals surface area contributed by atoms with Crippen molar-refractivity contribution >= 4 is 17.8 Å². The highest BCUT2D eigenvalue weighted by atomic mass is 19.1. The van der Waals surface area contributed by atoms with Crippen LogP contribution in [0.15, 0.2) is 18.2 Å². The molecule has 0 unspecified atom stereocenters. The van der Waals surface area contributed by atoms with Crippen molar-refractivity contribution in [2.24, 2.45) is 0 Å². The number of anilines is 1. The van der Waals surface area contributed by atoms with E-state index >= 15 is 0 Å². The first-order valence-electron chi connectivity index (χ1n) is 7.16. The third kappa shape index (κ3) is 4.09. The summed E-state index contributed by atoms with van der Waals surface area (Å²) < 4.78 is 18.2. The molecule has 0 radical (unpaired) electrons. The lowest BCUT2D eigenvalue weighted by Crippen LogP contribution is -2.47. The monoisotopic (exact) mass is 309 g/mol. The molecular weight excluding hydrogens is 289 g/mol. The summed E-state index contributed by atoms with van der Waals surface area (Å²) in [5.74, 6) is -0.471. The number of nitrogens with zero attached hydrogens (tertiary/aromatic N) is 1. The molecule has 0 bridgehead atoms. The second kappa shape index (κ2) is 7.11. The first kappa shape index (κ1) is 16.1. The number of hydrogen-bond donors (Lipinski definition) is 2. The smallest absolute Gasteiger partial charge is 0.409 e. The van der Waals surface area contributed by atoms with E-state index in [2.05, 4.69) is 15.4 Å². The summed E-state index contributed by atoms with van der Waals surface area (Å²) in [4.78, 5) is 24.9. The van der Waals surface area contributed by atoms with Crippen molar-refractivity contribution < 1.29 is 18.7 Å². The topological polar surface area (TPSA) is 70.7 Å². The Morgan fingerprint density at radius 3 is 2.64 bits per heavy atom. The maximum Gasteiger partial charge on any atom is 0.409 e. The van der Waals surface area contributed by atoms with Crippen LogP contribution in [0.25, 0.3) is 0 Å². The standard InChI is InChI=1S/C15H20FN3O3/c1-10-3-4-12(16)13(9-10)18-14(20)17-11-5-7-19(8-6-11)15(21)22-2/h3-4,9,11H,5-8H2,1-2H3,(H2,17,18,20). The van der Waals surface area contributed by atoms with E-state index in [1.807, 2.05) is 6.92 Å². The van der Waals surface area contributed by atoms with Gasteiger partial charge in [-0.2, -0.15) is 0 Å². The number of carbonyl (C=O) groups is 2. The van der Waals surface area contributed by atoms with Crippen molar-refractivity contribution in [2.75, 3.05) is 25.5 Å². The summed E-state index contributed by atoms with van der Waals surface area (Å²) in [7, 11) is 1.34. The van der Waals surface area contributed by atoms with E-state index in [9.17, 15) is 14.0 Å². The highest BCUT2D eigenvalue weighted by Gasteiger charge is 2.24. The first-order chi connectivity index (χ1) is 10.5. The predicted molar refractivity (Wildman–Crippen MR) is 80.3 cm³/mol. The zero-order valence-electron chi connectivity index (χ0n) is 12.7. The van der Waals surface area contributed by atoms with Crippen LogP contribution in [0.5, 0.6) is 0 Å². The molecule has 7 heteroatoms. The lowest BCUT2D eigenvalue weighted by atomic mass is 10.1. The molecule has 2 N–H and O–H groups in total. The number of amides is 3. The minimum atomic E-state index is -0.471. The Morgan fingerprint density at radius 2 is 2.00 bits per heavy atom. The van der Waals surface area contributed by atoms with E-state index in [4.69, 9.17) is 0 Å². The molecule has 0 spiro atoms. The van der Waals surface area contributed by atoms with Crippen molar-refractivity contribution in [1.29, 1.82) is 0 Å². The van der Waals surface area contributed by atoms with Gasteiger partial charge in [0.25, 0.3) is 0 Å². The number of methoxy groups -OCH3 is 1. The fourth-order valence-corrected chi connectivity index (χ4v) is 2.41. The maximum absolute atomic E-state index is 13.6. The molecule has 1 fully saturated rings. The molecule has 1 aromatic rings. The molecule has 3 amide bonds. The Labute approximate surface area is 128 Å². The molecule has 6 nitrogen and oxygen atoms in total. The fraction of sp³-hybridized carbons (Fsp3) is 0.467. The van der Waals surface area contributed by atoms with E-state index in [0.717, 1.165) is 5.56 Å². The number of likely N-dealkylation sites (tertiary alicyclic amines) is 1. The van der Waals surface area contributed by atoms with Crippen LogP contribution in [0.2, 0.25) is 0 Å². The maximum atomic E-state index is 13.6. The molecule has 22 heavy (non-hydrogen) atoms. The van der Waals surface area contributed by atoms with Crippen molar-refractivity contribution in [3.63, 3.8) is 0 Å². The molecule has 2 rings (SSSR count). The number of ether oxygens (including phenoxy) is 1. The van der Waals surface area contributed by atoms with Gasteiger partial charge >= 0.3 is 12.1 Å². The SMILES string of the molecule is COC(=O)N1CCC(NC(=O)Nc2cc(C)ccc2F)CC1. The average molecular weight is 309 g/mol. The van der Waals surface area contributed by atoms with Crippen LogP contribution in [0, 0.1) is 12.7 Å². The molecule has 1 aliphatic rings.